The third kappa shape index (κ3) is 55.2. The lowest BCUT2D eigenvalue weighted by Crippen LogP contribution is -2.30. The molecule has 0 radical (unpaired) electrons. The molecular formula is C64H109O11P. The van der Waals surface area contributed by atoms with Gasteiger partial charge in [0, 0.05) is 19.3 Å². The summed E-state index contributed by atoms with van der Waals surface area (Å²) in [4.78, 5) is 48.6. The zero-order valence-corrected chi connectivity index (χ0v) is 49.1. The maximum absolute atomic E-state index is 12.9. The molecule has 0 saturated heterocycles. The summed E-state index contributed by atoms with van der Waals surface area (Å²) < 4.78 is 39.5. The summed E-state index contributed by atoms with van der Waals surface area (Å²) in [6.45, 7) is 4.43. The predicted octanol–water partition coefficient (Wildman–Crippen LogP) is 18.0. The van der Waals surface area contributed by atoms with Crippen molar-refractivity contribution in [1.29, 1.82) is 0 Å². The summed E-state index contributed by atoms with van der Waals surface area (Å²) >= 11 is 0. The van der Waals surface area contributed by atoms with Crippen molar-refractivity contribution in [1.82, 2.24) is 0 Å². The quantitative estimate of drug-likeness (QED) is 0.0197. The Morgan fingerprint density at radius 3 is 1.12 bits per heavy atom. The van der Waals surface area contributed by atoms with Crippen molar-refractivity contribution in [3.8, 4) is 0 Å². The van der Waals surface area contributed by atoms with Gasteiger partial charge >= 0.3 is 25.7 Å². The number of esters is 3. The standard InChI is InChI=1S/C64H109O11P/c1-4-7-10-13-16-19-22-25-28-29-30-31-34-37-40-43-46-49-52-55-64(68)75-61(57-71-62(66)53-50-47-44-41-38-35-32-26-23-20-17-14-11-8-5-2)59-73-76(69,70)72-58-60(56-65)74-63(67)54-51-48-45-42-39-36-33-27-24-21-18-15-12-9-6-3/h8,11,16-17,19-20,25-28,30-33,38,41,60-61,65H,4-7,9-10,12-15,18,21-24,29,34-37,39-40,42-59H2,1-3H3,(H,69,70)/b11-8-,19-16-,20-17-,28-25-,31-30-,32-26-,33-27-,41-38-. The van der Waals surface area contributed by atoms with Gasteiger partial charge in [-0.3, -0.25) is 23.4 Å². The third-order valence-corrected chi connectivity index (χ3v) is 13.4. The first-order valence-corrected chi connectivity index (χ1v) is 31.6. The maximum atomic E-state index is 12.9. The minimum Gasteiger partial charge on any atom is -0.462 e. The summed E-state index contributed by atoms with van der Waals surface area (Å²) in [6.07, 6.45) is 67.9. The van der Waals surface area contributed by atoms with Crippen molar-refractivity contribution in [2.24, 2.45) is 0 Å². The number of ether oxygens (including phenoxy) is 3. The molecule has 0 aliphatic rings. The van der Waals surface area contributed by atoms with E-state index in [-0.39, 0.29) is 25.9 Å². The Bertz CT molecular complexity index is 1640. The Morgan fingerprint density at radius 2 is 0.684 bits per heavy atom. The molecular weight excluding hydrogens is 976 g/mol. The third-order valence-electron chi connectivity index (χ3n) is 12.5. The van der Waals surface area contributed by atoms with Crippen molar-refractivity contribution >= 4 is 25.7 Å². The van der Waals surface area contributed by atoms with Gasteiger partial charge in [0.15, 0.2) is 6.10 Å². The van der Waals surface area contributed by atoms with Crippen LogP contribution in [0.2, 0.25) is 0 Å². The van der Waals surface area contributed by atoms with E-state index in [0.717, 1.165) is 128 Å². The second kappa shape index (κ2) is 57.6. The highest BCUT2D eigenvalue weighted by molar-refractivity contribution is 7.47. The molecule has 0 aliphatic heterocycles. The van der Waals surface area contributed by atoms with E-state index in [1.807, 2.05) is 0 Å². The molecule has 0 amide bonds. The van der Waals surface area contributed by atoms with Gasteiger partial charge in [0.05, 0.1) is 19.8 Å². The molecule has 3 atom stereocenters. The smallest absolute Gasteiger partial charge is 0.462 e. The summed E-state index contributed by atoms with van der Waals surface area (Å²) in [5.41, 5.74) is 0. The number of hydrogen-bond donors (Lipinski definition) is 2. The van der Waals surface area contributed by atoms with Crippen LogP contribution in [-0.4, -0.2) is 66.5 Å². The fourth-order valence-electron chi connectivity index (χ4n) is 7.88. The van der Waals surface area contributed by atoms with E-state index in [1.54, 1.807) is 0 Å². The Labute approximate surface area is 463 Å². The number of unbranched alkanes of at least 4 members (excludes halogenated alkanes) is 22. The van der Waals surface area contributed by atoms with E-state index < -0.39 is 57.8 Å². The first-order valence-electron chi connectivity index (χ1n) is 30.1. The Morgan fingerprint density at radius 1 is 0.382 bits per heavy atom. The number of carbonyl (C=O) groups excluding carboxylic acids is 3. The van der Waals surface area contributed by atoms with E-state index in [0.29, 0.717) is 19.3 Å². The number of aliphatic hydroxyl groups is 1. The second-order valence-corrected chi connectivity index (χ2v) is 21.2. The van der Waals surface area contributed by atoms with Crippen molar-refractivity contribution in [3.63, 3.8) is 0 Å². The molecule has 0 bridgehead atoms. The number of aliphatic hydroxyl groups excluding tert-OH is 1. The highest BCUT2D eigenvalue weighted by Gasteiger charge is 2.28. The molecule has 0 spiro atoms. The molecule has 0 fully saturated rings. The van der Waals surface area contributed by atoms with Crippen LogP contribution >= 0.6 is 7.82 Å². The Kier molecular flexibility index (Phi) is 54.8. The lowest BCUT2D eigenvalue weighted by atomic mass is 10.1. The first kappa shape index (κ1) is 72.4. The largest absolute Gasteiger partial charge is 0.472 e. The Hall–Kier alpha value is -3.60. The molecule has 0 aromatic rings. The van der Waals surface area contributed by atoms with Gasteiger partial charge in [-0.1, -0.05) is 208 Å². The molecule has 3 unspecified atom stereocenters. The number of carbonyl (C=O) groups is 3. The van der Waals surface area contributed by atoms with Gasteiger partial charge in [0.1, 0.15) is 12.7 Å². The normalized spacial score (nSPS) is 14.0. The lowest BCUT2D eigenvalue weighted by molar-refractivity contribution is -0.161. The van der Waals surface area contributed by atoms with Gasteiger partial charge in [-0.25, -0.2) is 4.57 Å². The van der Waals surface area contributed by atoms with E-state index >= 15 is 0 Å². The Balaban J connectivity index is 4.80. The number of phosphoric acid groups is 1. The topological polar surface area (TPSA) is 155 Å². The molecule has 11 nitrogen and oxygen atoms in total. The van der Waals surface area contributed by atoms with Crippen molar-refractivity contribution in [3.05, 3.63) is 97.2 Å². The van der Waals surface area contributed by atoms with Crippen LogP contribution in [0.15, 0.2) is 97.2 Å². The van der Waals surface area contributed by atoms with E-state index in [1.165, 1.54) is 64.2 Å². The van der Waals surface area contributed by atoms with Gasteiger partial charge < -0.3 is 24.2 Å². The van der Waals surface area contributed by atoms with Crippen LogP contribution in [0.4, 0.5) is 0 Å². The molecule has 0 aromatic carbocycles. The van der Waals surface area contributed by atoms with Crippen LogP contribution < -0.4 is 0 Å². The van der Waals surface area contributed by atoms with Crippen molar-refractivity contribution in [2.45, 2.75) is 264 Å². The molecule has 0 aromatic heterocycles. The van der Waals surface area contributed by atoms with Crippen LogP contribution in [-0.2, 0) is 42.2 Å². The van der Waals surface area contributed by atoms with Gasteiger partial charge in [-0.15, -0.1) is 0 Å². The monoisotopic (exact) mass is 1080 g/mol. The molecule has 12 heteroatoms. The average Bonchev–Trinajstić information content (AvgIpc) is 3.41. The fraction of sp³-hybridized carbons (Fsp3) is 0.703. The zero-order valence-electron chi connectivity index (χ0n) is 48.2. The van der Waals surface area contributed by atoms with Crippen molar-refractivity contribution < 1.29 is 52.2 Å². The number of phosphoric ester groups is 1. The molecule has 436 valence electrons. The lowest BCUT2D eigenvalue weighted by Gasteiger charge is -2.21. The predicted molar refractivity (Wildman–Crippen MR) is 316 cm³/mol. The van der Waals surface area contributed by atoms with Crippen molar-refractivity contribution in [2.75, 3.05) is 26.4 Å². The van der Waals surface area contributed by atoms with Gasteiger partial charge in [-0.05, 0) is 122 Å². The maximum Gasteiger partial charge on any atom is 0.472 e. The summed E-state index contributed by atoms with van der Waals surface area (Å²) in [5, 5.41) is 9.83. The van der Waals surface area contributed by atoms with Crippen LogP contribution in [0.5, 0.6) is 0 Å². The van der Waals surface area contributed by atoms with E-state index in [9.17, 15) is 28.9 Å². The highest BCUT2D eigenvalue weighted by atomic mass is 31.2. The van der Waals surface area contributed by atoms with E-state index in [4.69, 9.17) is 23.3 Å². The molecule has 0 heterocycles. The molecule has 2 N–H and O–H groups in total. The minimum atomic E-state index is -4.77. The minimum absolute atomic E-state index is 0.139. The number of allylic oxidation sites excluding steroid dienone is 16. The highest BCUT2D eigenvalue weighted by Crippen LogP contribution is 2.43. The zero-order chi connectivity index (χ0) is 55.5. The first-order chi connectivity index (χ1) is 37.2. The summed E-state index contributed by atoms with van der Waals surface area (Å²) in [6, 6.07) is 0. The molecule has 0 aliphatic carbocycles. The van der Waals surface area contributed by atoms with Gasteiger partial charge in [-0.2, -0.15) is 0 Å². The van der Waals surface area contributed by atoms with Crippen LogP contribution in [0, 0.1) is 0 Å². The summed E-state index contributed by atoms with van der Waals surface area (Å²) in [7, 11) is -4.77. The van der Waals surface area contributed by atoms with Crippen LogP contribution in [0.3, 0.4) is 0 Å². The van der Waals surface area contributed by atoms with E-state index in [2.05, 4.69) is 118 Å². The molecule has 76 heavy (non-hydrogen) atoms. The number of rotatable bonds is 55. The SMILES string of the molecule is CC/C=C\C/C=C\C/C=C\C/C=C\CCCCC(=O)OCC(COP(=O)(O)OCC(CO)OC(=O)CCCCCCC/C=C\CCCCCCCC)OC(=O)CCCCCCCC/C=C\C/C=C\C/C=C\CCCCC. The van der Waals surface area contributed by atoms with Gasteiger partial charge in [0.2, 0.25) is 0 Å². The number of hydrogen-bond acceptors (Lipinski definition) is 10. The molecule has 0 saturated carbocycles. The summed E-state index contributed by atoms with van der Waals surface area (Å²) in [5.74, 6) is -1.54. The molecule has 0 rings (SSSR count). The average molecular weight is 1090 g/mol. The van der Waals surface area contributed by atoms with Crippen LogP contribution in [0.1, 0.15) is 252 Å². The second-order valence-electron chi connectivity index (χ2n) is 19.8. The fourth-order valence-corrected chi connectivity index (χ4v) is 8.66. The van der Waals surface area contributed by atoms with Gasteiger partial charge in [0.25, 0.3) is 0 Å². The van der Waals surface area contributed by atoms with Crippen LogP contribution in [0.25, 0.3) is 0 Å².